The first kappa shape index (κ1) is 17.1. The number of benzene rings is 2. The zero-order chi connectivity index (χ0) is 18.4. The van der Waals surface area contributed by atoms with Gasteiger partial charge in [0.1, 0.15) is 11.8 Å². The van der Waals surface area contributed by atoms with E-state index in [2.05, 4.69) is 21.4 Å². The van der Waals surface area contributed by atoms with Crippen LogP contribution in [-0.2, 0) is 0 Å². The van der Waals surface area contributed by atoms with E-state index in [1.165, 1.54) is 19.5 Å². The van der Waals surface area contributed by atoms with Crippen LogP contribution in [0.15, 0.2) is 67.0 Å². The highest BCUT2D eigenvalue weighted by molar-refractivity contribution is 5.94. The van der Waals surface area contributed by atoms with Crippen molar-refractivity contribution < 1.29 is 9.53 Å². The van der Waals surface area contributed by atoms with Crippen molar-refractivity contribution in [3.63, 3.8) is 0 Å². The summed E-state index contributed by atoms with van der Waals surface area (Å²) in [5, 5.41) is 12.1. The SMILES string of the molecule is COc1ccccc1C(C#N)NC(=O)c1cnc(-c2ccccc2)nc1. The number of carbonyl (C=O) groups is 1. The molecular formula is C20H16N4O2. The van der Waals surface area contributed by atoms with E-state index in [1.54, 1.807) is 24.3 Å². The van der Waals surface area contributed by atoms with Gasteiger partial charge in [-0.2, -0.15) is 5.26 Å². The van der Waals surface area contributed by atoms with E-state index >= 15 is 0 Å². The van der Waals surface area contributed by atoms with Gasteiger partial charge in [-0.3, -0.25) is 4.79 Å². The number of nitrogens with one attached hydrogen (secondary N) is 1. The lowest BCUT2D eigenvalue weighted by atomic mass is 10.1. The molecule has 0 fully saturated rings. The molecule has 2 aromatic carbocycles. The highest BCUT2D eigenvalue weighted by Crippen LogP contribution is 2.24. The van der Waals surface area contributed by atoms with Gasteiger partial charge in [-0.25, -0.2) is 9.97 Å². The van der Waals surface area contributed by atoms with Crippen LogP contribution in [0.1, 0.15) is 22.0 Å². The fourth-order valence-corrected chi connectivity index (χ4v) is 2.48. The molecule has 0 saturated carbocycles. The predicted molar refractivity (Wildman–Crippen MR) is 96.3 cm³/mol. The van der Waals surface area contributed by atoms with Gasteiger partial charge in [0.2, 0.25) is 0 Å². The van der Waals surface area contributed by atoms with Crippen molar-refractivity contribution in [3.8, 4) is 23.2 Å². The van der Waals surface area contributed by atoms with E-state index in [0.29, 0.717) is 17.1 Å². The fraction of sp³-hybridized carbons (Fsp3) is 0.100. The number of ether oxygens (including phenoxy) is 1. The number of nitrogens with zero attached hydrogens (tertiary/aromatic N) is 3. The van der Waals surface area contributed by atoms with E-state index in [1.807, 2.05) is 30.3 Å². The average Bonchev–Trinajstić information content (AvgIpc) is 2.72. The lowest BCUT2D eigenvalue weighted by Crippen LogP contribution is -2.28. The molecule has 0 radical (unpaired) electrons. The minimum absolute atomic E-state index is 0.278. The monoisotopic (exact) mass is 344 g/mol. The Hall–Kier alpha value is -3.72. The number of nitriles is 1. The van der Waals surface area contributed by atoms with Crippen molar-refractivity contribution >= 4 is 5.91 Å². The summed E-state index contributed by atoms with van der Waals surface area (Å²) in [6, 6.07) is 17.8. The average molecular weight is 344 g/mol. The Kier molecular flexibility index (Phi) is 5.20. The summed E-state index contributed by atoms with van der Waals surface area (Å²) in [5.74, 6) is 0.640. The molecule has 0 spiro atoms. The molecule has 1 unspecified atom stereocenters. The lowest BCUT2D eigenvalue weighted by molar-refractivity contribution is 0.0944. The summed E-state index contributed by atoms with van der Waals surface area (Å²) in [5.41, 5.74) is 1.73. The van der Waals surface area contributed by atoms with Crippen molar-refractivity contribution in [1.82, 2.24) is 15.3 Å². The lowest BCUT2D eigenvalue weighted by Gasteiger charge is -2.15. The smallest absolute Gasteiger partial charge is 0.255 e. The van der Waals surface area contributed by atoms with Crippen LogP contribution >= 0.6 is 0 Å². The number of rotatable bonds is 5. The topological polar surface area (TPSA) is 87.9 Å². The first-order valence-electron chi connectivity index (χ1n) is 7.94. The Morgan fingerprint density at radius 1 is 1.08 bits per heavy atom. The van der Waals surface area contributed by atoms with Crippen molar-refractivity contribution in [1.29, 1.82) is 5.26 Å². The molecule has 3 aromatic rings. The first-order valence-corrected chi connectivity index (χ1v) is 7.94. The van der Waals surface area contributed by atoms with Crippen molar-refractivity contribution in [2.24, 2.45) is 0 Å². The molecule has 0 saturated heterocycles. The fourth-order valence-electron chi connectivity index (χ4n) is 2.48. The summed E-state index contributed by atoms with van der Waals surface area (Å²) in [4.78, 5) is 20.9. The maximum Gasteiger partial charge on any atom is 0.255 e. The minimum atomic E-state index is -0.840. The molecule has 0 aliphatic rings. The van der Waals surface area contributed by atoms with E-state index in [-0.39, 0.29) is 5.56 Å². The van der Waals surface area contributed by atoms with Crippen molar-refractivity contribution in [2.45, 2.75) is 6.04 Å². The number of aromatic nitrogens is 2. The van der Waals surface area contributed by atoms with Gasteiger partial charge in [0.15, 0.2) is 5.82 Å². The van der Waals surface area contributed by atoms with Crippen molar-refractivity contribution in [2.75, 3.05) is 7.11 Å². The van der Waals surface area contributed by atoms with Gasteiger partial charge in [-0.15, -0.1) is 0 Å². The van der Waals surface area contributed by atoms with Crippen LogP contribution in [0, 0.1) is 11.3 Å². The summed E-state index contributed by atoms with van der Waals surface area (Å²) in [6.45, 7) is 0. The molecule has 1 N–H and O–H groups in total. The van der Waals surface area contributed by atoms with E-state index in [9.17, 15) is 10.1 Å². The molecule has 3 rings (SSSR count). The number of hydrogen-bond donors (Lipinski definition) is 1. The van der Waals surface area contributed by atoms with Crippen LogP contribution in [0.2, 0.25) is 0 Å². The number of carbonyl (C=O) groups excluding carboxylic acids is 1. The van der Waals surface area contributed by atoms with E-state index in [0.717, 1.165) is 5.56 Å². The van der Waals surface area contributed by atoms with Gasteiger partial charge in [-0.1, -0.05) is 48.5 Å². The zero-order valence-corrected chi connectivity index (χ0v) is 14.1. The Bertz CT molecular complexity index is 934. The Labute approximate surface area is 151 Å². The van der Waals surface area contributed by atoms with Crippen LogP contribution in [0.25, 0.3) is 11.4 Å². The predicted octanol–water partition coefficient (Wildman–Crippen LogP) is 3.15. The highest BCUT2D eigenvalue weighted by Gasteiger charge is 2.19. The van der Waals surface area contributed by atoms with Crippen LogP contribution < -0.4 is 10.1 Å². The van der Waals surface area contributed by atoms with Gasteiger partial charge in [0.25, 0.3) is 5.91 Å². The molecule has 6 heteroatoms. The second-order valence-electron chi connectivity index (χ2n) is 5.44. The molecular weight excluding hydrogens is 328 g/mol. The Morgan fingerprint density at radius 3 is 2.38 bits per heavy atom. The largest absolute Gasteiger partial charge is 0.496 e. The number of amides is 1. The summed E-state index contributed by atoms with van der Waals surface area (Å²) in [6.07, 6.45) is 2.89. The normalized spacial score (nSPS) is 11.2. The maximum atomic E-state index is 12.5. The quantitative estimate of drug-likeness (QED) is 0.768. The molecule has 0 aliphatic carbocycles. The molecule has 0 bridgehead atoms. The molecule has 128 valence electrons. The van der Waals surface area contributed by atoms with E-state index < -0.39 is 11.9 Å². The zero-order valence-electron chi connectivity index (χ0n) is 14.1. The van der Waals surface area contributed by atoms with Crippen LogP contribution in [0.5, 0.6) is 5.75 Å². The third kappa shape index (κ3) is 3.68. The highest BCUT2D eigenvalue weighted by atomic mass is 16.5. The summed E-state index contributed by atoms with van der Waals surface area (Å²) >= 11 is 0. The van der Waals surface area contributed by atoms with Crippen LogP contribution in [0.4, 0.5) is 0 Å². The van der Waals surface area contributed by atoms with E-state index in [4.69, 9.17) is 4.74 Å². The maximum absolute atomic E-state index is 12.5. The third-order valence-corrected chi connectivity index (χ3v) is 3.80. The molecule has 1 atom stereocenters. The van der Waals surface area contributed by atoms with Gasteiger partial charge < -0.3 is 10.1 Å². The molecule has 26 heavy (non-hydrogen) atoms. The molecule has 6 nitrogen and oxygen atoms in total. The Morgan fingerprint density at radius 2 is 1.73 bits per heavy atom. The molecule has 0 aliphatic heterocycles. The molecule has 1 amide bonds. The van der Waals surface area contributed by atoms with Crippen LogP contribution in [-0.4, -0.2) is 23.0 Å². The summed E-state index contributed by atoms with van der Waals surface area (Å²) in [7, 11) is 1.52. The molecule has 1 heterocycles. The van der Waals surface area contributed by atoms with Crippen molar-refractivity contribution in [3.05, 3.63) is 78.1 Å². The number of methoxy groups -OCH3 is 1. The minimum Gasteiger partial charge on any atom is -0.496 e. The van der Waals surface area contributed by atoms with Gasteiger partial charge >= 0.3 is 0 Å². The molecule has 1 aromatic heterocycles. The number of hydrogen-bond acceptors (Lipinski definition) is 5. The standard InChI is InChI=1S/C20H16N4O2/c1-26-18-10-6-5-9-16(18)17(11-21)24-20(25)15-12-22-19(23-13-15)14-7-3-2-4-8-14/h2-10,12-13,17H,1H3,(H,24,25). The van der Waals surface area contributed by atoms with Gasteiger partial charge in [0.05, 0.1) is 18.7 Å². The van der Waals surface area contributed by atoms with Crippen LogP contribution in [0.3, 0.4) is 0 Å². The first-order chi connectivity index (χ1) is 12.7. The second kappa shape index (κ2) is 7.90. The second-order valence-corrected chi connectivity index (χ2v) is 5.44. The third-order valence-electron chi connectivity index (χ3n) is 3.80. The van der Waals surface area contributed by atoms with Gasteiger partial charge in [0, 0.05) is 23.5 Å². The summed E-state index contributed by atoms with van der Waals surface area (Å²) < 4.78 is 5.25. The van der Waals surface area contributed by atoms with Gasteiger partial charge in [-0.05, 0) is 6.07 Å². The Balaban J connectivity index is 1.78. The number of para-hydroxylation sites is 1.